The number of alkyl halides is 3. The molecule has 2 aromatic rings. The van der Waals surface area contributed by atoms with Crippen molar-refractivity contribution in [2.24, 2.45) is 5.73 Å². The monoisotopic (exact) mass is 438 g/mol. The zero-order chi connectivity index (χ0) is 23.2. The van der Waals surface area contributed by atoms with Crippen LogP contribution in [-0.4, -0.2) is 23.9 Å². The van der Waals surface area contributed by atoms with Gasteiger partial charge in [0.15, 0.2) is 0 Å². The first kappa shape index (κ1) is 24.2. The summed E-state index contributed by atoms with van der Waals surface area (Å²) in [6, 6.07) is 4.25. The molecule has 2 rings (SSSR count). The lowest BCUT2D eigenvalue weighted by molar-refractivity contribution is -0.276. The third-order valence-corrected chi connectivity index (χ3v) is 4.51. The molecule has 31 heavy (non-hydrogen) atoms. The highest BCUT2D eigenvalue weighted by Crippen LogP contribution is 2.37. The number of ether oxygens (including phenoxy) is 3. The number of hydrogen-bond donors (Lipinski definition) is 1. The van der Waals surface area contributed by atoms with Gasteiger partial charge in [0.2, 0.25) is 5.88 Å². The van der Waals surface area contributed by atoms with Crippen molar-refractivity contribution in [2.75, 3.05) is 6.61 Å². The zero-order valence-electron chi connectivity index (χ0n) is 17.8. The van der Waals surface area contributed by atoms with Gasteiger partial charge in [0.05, 0.1) is 12.9 Å². The fourth-order valence-corrected chi connectivity index (χ4v) is 2.81. The molecule has 1 aromatic heterocycles. The van der Waals surface area contributed by atoms with Crippen molar-refractivity contribution in [3.05, 3.63) is 52.9 Å². The molecule has 0 bridgehead atoms. The van der Waals surface area contributed by atoms with Gasteiger partial charge in [-0.05, 0) is 56.0 Å². The van der Waals surface area contributed by atoms with E-state index in [1.165, 1.54) is 12.3 Å². The number of allylic oxidation sites excluding steroid dienone is 1. The number of carbonyl (C=O) groups is 1. The van der Waals surface area contributed by atoms with Crippen molar-refractivity contribution in [1.82, 2.24) is 4.98 Å². The molecule has 0 aliphatic heterocycles. The minimum absolute atomic E-state index is 0.0248. The molecule has 0 fully saturated rings. The van der Waals surface area contributed by atoms with Gasteiger partial charge in [0.1, 0.15) is 11.3 Å². The molecule has 9 heteroatoms. The fourth-order valence-electron chi connectivity index (χ4n) is 2.81. The summed E-state index contributed by atoms with van der Waals surface area (Å²) in [6.45, 7) is 7.49. The maximum atomic E-state index is 12.6. The van der Waals surface area contributed by atoms with E-state index in [0.29, 0.717) is 22.3 Å². The Morgan fingerprint density at radius 2 is 1.97 bits per heavy atom. The molecule has 0 aliphatic rings. The number of hydrogen-bond acceptors (Lipinski definition) is 6. The van der Waals surface area contributed by atoms with Crippen LogP contribution in [-0.2, 0) is 11.3 Å². The third-order valence-electron chi connectivity index (χ3n) is 4.51. The zero-order valence-corrected chi connectivity index (χ0v) is 17.8. The van der Waals surface area contributed by atoms with Gasteiger partial charge in [-0.3, -0.25) is 0 Å². The second kappa shape index (κ2) is 10.3. The van der Waals surface area contributed by atoms with Gasteiger partial charge in [0.25, 0.3) is 0 Å². The Bertz CT molecular complexity index is 955. The average Bonchev–Trinajstić information content (AvgIpc) is 2.71. The third kappa shape index (κ3) is 6.21. The summed E-state index contributed by atoms with van der Waals surface area (Å²) in [5.74, 6) is -0.865. The molecule has 0 saturated carbocycles. The van der Waals surface area contributed by atoms with E-state index in [4.69, 9.17) is 15.2 Å². The molecule has 1 heterocycles. The normalized spacial score (nSPS) is 11.9. The topological polar surface area (TPSA) is 83.7 Å². The fraction of sp³-hybridized carbons (Fsp3) is 0.364. The lowest BCUT2D eigenvalue weighted by atomic mass is 9.93. The van der Waals surface area contributed by atoms with Gasteiger partial charge in [-0.15, -0.1) is 13.2 Å². The Labute approximate surface area is 178 Å². The van der Waals surface area contributed by atoms with Crippen molar-refractivity contribution in [3.8, 4) is 22.8 Å². The molecule has 6 nitrogen and oxygen atoms in total. The van der Waals surface area contributed by atoms with Crippen LogP contribution < -0.4 is 15.2 Å². The standard InChI is InChI=1S/C22H25F3N2O4/c1-5-13(3)12-30-20-14(4)17(9-16(10-26)19(20)21(28)29-6-2)15-7-8-18(27-11-15)31-22(23,24)25/h7-9,11-12H,5-6,10,26H2,1-4H3/b13-12+. The summed E-state index contributed by atoms with van der Waals surface area (Å²) in [6.07, 6.45) is -1.27. The number of rotatable bonds is 8. The van der Waals surface area contributed by atoms with Crippen LogP contribution in [0, 0.1) is 6.92 Å². The van der Waals surface area contributed by atoms with E-state index in [0.717, 1.165) is 18.1 Å². The highest BCUT2D eigenvalue weighted by molar-refractivity contribution is 5.96. The first-order valence-corrected chi connectivity index (χ1v) is 9.69. The molecule has 0 spiro atoms. The Balaban J connectivity index is 2.62. The van der Waals surface area contributed by atoms with Crippen LogP contribution in [0.1, 0.15) is 48.7 Å². The Morgan fingerprint density at radius 3 is 2.48 bits per heavy atom. The molecule has 0 radical (unpaired) electrons. The van der Waals surface area contributed by atoms with Gasteiger partial charge in [-0.25, -0.2) is 9.78 Å². The Hall–Kier alpha value is -3.07. The first-order valence-electron chi connectivity index (χ1n) is 9.69. The number of nitrogens with two attached hydrogens (primary N) is 1. The van der Waals surface area contributed by atoms with Gasteiger partial charge in [-0.1, -0.05) is 6.92 Å². The molecule has 0 atom stereocenters. The summed E-state index contributed by atoms with van der Waals surface area (Å²) >= 11 is 0. The lowest BCUT2D eigenvalue weighted by Crippen LogP contribution is -2.17. The predicted octanol–water partition coefficient (Wildman–Crippen LogP) is 5.28. The lowest BCUT2D eigenvalue weighted by Gasteiger charge is -2.19. The molecule has 0 unspecified atom stereocenters. The van der Waals surface area contributed by atoms with E-state index >= 15 is 0 Å². The number of esters is 1. The van der Waals surface area contributed by atoms with Crippen LogP contribution in [0.25, 0.3) is 11.1 Å². The second-order valence-electron chi connectivity index (χ2n) is 6.71. The summed E-state index contributed by atoms with van der Waals surface area (Å²) < 4.78 is 52.1. The van der Waals surface area contributed by atoms with Crippen LogP contribution >= 0.6 is 0 Å². The van der Waals surface area contributed by atoms with Crippen molar-refractivity contribution in [1.29, 1.82) is 0 Å². The van der Waals surface area contributed by atoms with E-state index in [9.17, 15) is 18.0 Å². The number of halogens is 3. The average molecular weight is 438 g/mol. The predicted molar refractivity (Wildman–Crippen MR) is 110 cm³/mol. The van der Waals surface area contributed by atoms with Crippen molar-refractivity contribution >= 4 is 5.97 Å². The summed E-state index contributed by atoms with van der Waals surface area (Å²) in [5.41, 5.74) is 9.24. The van der Waals surface area contributed by atoms with Crippen molar-refractivity contribution in [2.45, 2.75) is 47.0 Å². The molecule has 0 saturated heterocycles. The van der Waals surface area contributed by atoms with Crippen molar-refractivity contribution in [3.63, 3.8) is 0 Å². The molecular formula is C22H25F3N2O4. The maximum absolute atomic E-state index is 12.6. The van der Waals surface area contributed by atoms with Crippen LogP contribution in [0.3, 0.4) is 0 Å². The summed E-state index contributed by atoms with van der Waals surface area (Å²) in [4.78, 5) is 16.3. The Kier molecular flexibility index (Phi) is 8.04. The maximum Gasteiger partial charge on any atom is 0.574 e. The SMILES string of the molecule is CCOC(=O)c1c(CN)cc(-c2ccc(OC(F)(F)F)nc2)c(C)c1O/C=C(\C)CC. The summed E-state index contributed by atoms with van der Waals surface area (Å²) in [5, 5.41) is 0. The van der Waals surface area contributed by atoms with E-state index in [2.05, 4.69) is 9.72 Å². The number of carbonyl (C=O) groups excluding carboxylic acids is 1. The molecular weight excluding hydrogens is 413 g/mol. The smallest absolute Gasteiger partial charge is 0.464 e. The van der Waals surface area contributed by atoms with E-state index in [1.54, 1.807) is 26.2 Å². The quantitative estimate of drug-likeness (QED) is 0.446. The van der Waals surface area contributed by atoms with Crippen LogP contribution in [0.4, 0.5) is 13.2 Å². The number of pyridine rings is 1. The second-order valence-corrected chi connectivity index (χ2v) is 6.71. The minimum Gasteiger partial charge on any atom is -0.464 e. The summed E-state index contributed by atoms with van der Waals surface area (Å²) in [7, 11) is 0. The highest BCUT2D eigenvalue weighted by Gasteiger charge is 2.31. The highest BCUT2D eigenvalue weighted by atomic mass is 19.4. The Morgan fingerprint density at radius 1 is 1.26 bits per heavy atom. The largest absolute Gasteiger partial charge is 0.574 e. The minimum atomic E-state index is -4.83. The molecule has 168 valence electrons. The number of benzene rings is 1. The van der Waals surface area contributed by atoms with Gasteiger partial charge in [-0.2, -0.15) is 0 Å². The van der Waals surface area contributed by atoms with Gasteiger partial charge in [0, 0.05) is 29.9 Å². The number of nitrogens with zero attached hydrogens (tertiary/aromatic N) is 1. The molecule has 2 N–H and O–H groups in total. The molecule has 1 aromatic carbocycles. The molecule has 0 amide bonds. The van der Waals surface area contributed by atoms with Gasteiger partial charge >= 0.3 is 12.3 Å². The van der Waals surface area contributed by atoms with Crippen LogP contribution in [0.15, 0.2) is 36.2 Å². The van der Waals surface area contributed by atoms with Crippen molar-refractivity contribution < 1.29 is 32.2 Å². The van der Waals surface area contributed by atoms with Crippen LogP contribution in [0.2, 0.25) is 0 Å². The first-order chi connectivity index (χ1) is 14.6. The molecule has 0 aliphatic carbocycles. The number of aromatic nitrogens is 1. The van der Waals surface area contributed by atoms with E-state index in [1.807, 2.05) is 13.8 Å². The van der Waals surface area contributed by atoms with E-state index < -0.39 is 18.2 Å². The van der Waals surface area contributed by atoms with Crippen LogP contribution in [0.5, 0.6) is 11.6 Å². The van der Waals surface area contributed by atoms with E-state index in [-0.39, 0.29) is 24.5 Å². The van der Waals surface area contributed by atoms with Gasteiger partial charge < -0.3 is 19.9 Å².